The van der Waals surface area contributed by atoms with E-state index in [2.05, 4.69) is 9.73 Å². The second-order valence-corrected chi connectivity index (χ2v) is 2.83. The Balaban J connectivity index is 2.94. The van der Waals surface area contributed by atoms with Gasteiger partial charge >= 0.3 is 0 Å². The number of halogens is 1. The van der Waals surface area contributed by atoms with Crippen molar-refractivity contribution in [2.75, 3.05) is 7.11 Å². The van der Waals surface area contributed by atoms with Crippen LogP contribution in [0.4, 0.5) is 5.69 Å². The predicted molar refractivity (Wildman–Crippen MR) is 51.4 cm³/mol. The van der Waals surface area contributed by atoms with Crippen LogP contribution < -0.4 is 0 Å². The molecule has 0 aromatic heterocycles. The summed E-state index contributed by atoms with van der Waals surface area (Å²) >= 11 is 5.90. The third kappa shape index (κ3) is 2.24. The molecule has 0 heterocycles. The van der Waals surface area contributed by atoms with Crippen molar-refractivity contribution in [3.63, 3.8) is 0 Å². The van der Waals surface area contributed by atoms with E-state index in [-0.39, 0.29) is 0 Å². The Morgan fingerprint density at radius 3 is 2.83 bits per heavy atom. The lowest BCUT2D eigenvalue weighted by atomic mass is 10.2. The van der Waals surface area contributed by atoms with Crippen LogP contribution in [0.5, 0.6) is 0 Å². The molecule has 1 rings (SSSR count). The Hall–Kier alpha value is -1.02. The number of aryl methyl sites for hydroxylation is 1. The van der Waals surface area contributed by atoms with Crippen molar-refractivity contribution >= 4 is 23.7 Å². The molecule has 0 N–H and O–H groups in total. The molecule has 2 nitrogen and oxygen atoms in total. The van der Waals surface area contributed by atoms with Gasteiger partial charge in [0.1, 0.15) is 0 Å². The highest BCUT2D eigenvalue weighted by Gasteiger charge is 1.96. The summed E-state index contributed by atoms with van der Waals surface area (Å²) in [6.45, 7) is 1.98. The molecule has 0 radical (unpaired) electrons. The molecule has 0 aliphatic carbocycles. The van der Waals surface area contributed by atoms with Crippen molar-refractivity contribution in [2.45, 2.75) is 6.92 Å². The minimum absolute atomic E-state index is 0.642. The lowest BCUT2D eigenvalue weighted by Crippen LogP contribution is -1.77. The molecular formula is C9H10ClNO. The van der Waals surface area contributed by atoms with Crippen LogP contribution in [0.1, 0.15) is 5.56 Å². The molecule has 0 bridgehead atoms. The lowest BCUT2D eigenvalue weighted by molar-refractivity contribution is 0.423. The van der Waals surface area contributed by atoms with E-state index in [0.29, 0.717) is 5.02 Å². The maximum atomic E-state index is 5.90. The zero-order valence-electron chi connectivity index (χ0n) is 7.04. The van der Waals surface area contributed by atoms with E-state index in [1.807, 2.05) is 25.1 Å². The van der Waals surface area contributed by atoms with Gasteiger partial charge in [-0.1, -0.05) is 17.7 Å². The zero-order valence-corrected chi connectivity index (χ0v) is 7.80. The average Bonchev–Trinajstić information content (AvgIpc) is 2.03. The second kappa shape index (κ2) is 4.12. The summed E-state index contributed by atoms with van der Waals surface area (Å²) in [6.07, 6.45) is 1.36. The number of hydrogen-bond donors (Lipinski definition) is 0. The van der Waals surface area contributed by atoms with Crippen LogP contribution in [0.3, 0.4) is 0 Å². The Kier molecular flexibility index (Phi) is 3.11. The van der Waals surface area contributed by atoms with Crippen molar-refractivity contribution < 1.29 is 4.74 Å². The second-order valence-electron chi connectivity index (χ2n) is 2.43. The highest BCUT2D eigenvalue weighted by molar-refractivity contribution is 6.33. The summed E-state index contributed by atoms with van der Waals surface area (Å²) in [5.74, 6) is 0. The van der Waals surface area contributed by atoms with Crippen LogP contribution in [0, 0.1) is 6.92 Å². The molecule has 12 heavy (non-hydrogen) atoms. The molecule has 0 saturated carbocycles. The molecule has 0 amide bonds. The number of aliphatic imine (C=N–C) groups is 1. The van der Waals surface area contributed by atoms with Gasteiger partial charge in [0, 0.05) is 0 Å². The average molecular weight is 184 g/mol. The summed E-state index contributed by atoms with van der Waals surface area (Å²) in [4.78, 5) is 3.99. The topological polar surface area (TPSA) is 21.6 Å². The molecule has 0 atom stereocenters. The van der Waals surface area contributed by atoms with E-state index in [9.17, 15) is 0 Å². The smallest absolute Gasteiger partial charge is 0.174 e. The van der Waals surface area contributed by atoms with Gasteiger partial charge in [-0.15, -0.1) is 0 Å². The molecule has 0 aliphatic rings. The van der Waals surface area contributed by atoms with Crippen LogP contribution >= 0.6 is 11.6 Å². The molecule has 0 unspecified atom stereocenters. The van der Waals surface area contributed by atoms with E-state index in [4.69, 9.17) is 11.6 Å². The monoisotopic (exact) mass is 183 g/mol. The van der Waals surface area contributed by atoms with Gasteiger partial charge in [0.2, 0.25) is 0 Å². The fourth-order valence-electron chi connectivity index (χ4n) is 0.826. The molecule has 1 aromatic carbocycles. The number of nitrogens with zero attached hydrogens (tertiary/aromatic N) is 1. The molecule has 3 heteroatoms. The summed E-state index contributed by atoms with van der Waals surface area (Å²) in [5.41, 5.74) is 1.85. The first-order valence-corrected chi connectivity index (χ1v) is 3.93. The highest BCUT2D eigenvalue weighted by atomic mass is 35.5. The zero-order chi connectivity index (χ0) is 8.97. The van der Waals surface area contributed by atoms with E-state index < -0.39 is 0 Å². The fourth-order valence-corrected chi connectivity index (χ4v) is 1.11. The van der Waals surface area contributed by atoms with Gasteiger partial charge in [-0.05, 0) is 24.6 Å². The number of benzene rings is 1. The normalized spacial score (nSPS) is 10.6. The molecule has 0 fully saturated rings. The van der Waals surface area contributed by atoms with Gasteiger partial charge < -0.3 is 4.74 Å². The van der Waals surface area contributed by atoms with Crippen molar-refractivity contribution in [1.29, 1.82) is 0 Å². The molecule has 64 valence electrons. The fraction of sp³-hybridized carbons (Fsp3) is 0.222. The number of hydrogen-bond acceptors (Lipinski definition) is 2. The molecule has 1 aromatic rings. The molecule has 0 saturated heterocycles. The van der Waals surface area contributed by atoms with Crippen LogP contribution in [-0.2, 0) is 4.74 Å². The molecule has 0 spiro atoms. The Morgan fingerprint density at radius 2 is 2.25 bits per heavy atom. The number of methoxy groups -OCH3 is 1. The Bertz CT molecular complexity index is 297. The van der Waals surface area contributed by atoms with Crippen LogP contribution in [-0.4, -0.2) is 13.5 Å². The Labute approximate surface area is 76.8 Å². The van der Waals surface area contributed by atoms with Gasteiger partial charge in [0.05, 0.1) is 17.8 Å². The third-order valence-corrected chi connectivity index (χ3v) is 1.70. The summed E-state index contributed by atoms with van der Waals surface area (Å²) < 4.78 is 4.68. The summed E-state index contributed by atoms with van der Waals surface area (Å²) in [6, 6.07) is 5.67. The largest absolute Gasteiger partial charge is 0.486 e. The molecular weight excluding hydrogens is 174 g/mol. The SMILES string of the molecule is COC=Nc1ccc(C)cc1Cl. The molecule has 0 aliphatic heterocycles. The van der Waals surface area contributed by atoms with Crippen molar-refractivity contribution in [1.82, 2.24) is 0 Å². The minimum atomic E-state index is 0.642. The number of ether oxygens (including phenoxy) is 1. The third-order valence-electron chi connectivity index (χ3n) is 1.40. The van der Waals surface area contributed by atoms with E-state index in [1.165, 1.54) is 6.40 Å². The predicted octanol–water partition coefficient (Wildman–Crippen LogP) is 2.95. The van der Waals surface area contributed by atoms with Crippen molar-refractivity contribution in [2.24, 2.45) is 4.99 Å². The quantitative estimate of drug-likeness (QED) is 0.510. The van der Waals surface area contributed by atoms with Gasteiger partial charge in [0.15, 0.2) is 6.40 Å². The maximum Gasteiger partial charge on any atom is 0.174 e. The maximum absolute atomic E-state index is 5.90. The van der Waals surface area contributed by atoms with Gasteiger partial charge in [-0.2, -0.15) is 0 Å². The van der Waals surface area contributed by atoms with Crippen LogP contribution in [0.2, 0.25) is 5.02 Å². The number of rotatable bonds is 2. The van der Waals surface area contributed by atoms with Crippen LogP contribution in [0.15, 0.2) is 23.2 Å². The Morgan fingerprint density at radius 1 is 1.50 bits per heavy atom. The van der Waals surface area contributed by atoms with Gasteiger partial charge in [-0.25, -0.2) is 4.99 Å². The van der Waals surface area contributed by atoms with Gasteiger partial charge in [-0.3, -0.25) is 0 Å². The van der Waals surface area contributed by atoms with Gasteiger partial charge in [0.25, 0.3) is 0 Å². The van der Waals surface area contributed by atoms with Crippen molar-refractivity contribution in [3.05, 3.63) is 28.8 Å². The highest BCUT2D eigenvalue weighted by Crippen LogP contribution is 2.24. The van der Waals surface area contributed by atoms with E-state index >= 15 is 0 Å². The summed E-state index contributed by atoms with van der Waals surface area (Å²) in [5, 5.41) is 0.642. The first kappa shape index (κ1) is 9.07. The van der Waals surface area contributed by atoms with Crippen molar-refractivity contribution in [3.8, 4) is 0 Å². The van der Waals surface area contributed by atoms with Crippen LogP contribution in [0.25, 0.3) is 0 Å². The summed E-state index contributed by atoms with van der Waals surface area (Å²) in [7, 11) is 1.55. The minimum Gasteiger partial charge on any atom is -0.486 e. The lowest BCUT2D eigenvalue weighted by Gasteiger charge is -1.98. The van der Waals surface area contributed by atoms with E-state index in [1.54, 1.807) is 7.11 Å². The standard InChI is InChI=1S/C9H10ClNO/c1-7-3-4-9(8(10)5-7)11-6-12-2/h3-6H,1-2H3. The van der Waals surface area contributed by atoms with E-state index in [0.717, 1.165) is 11.3 Å². The first-order chi connectivity index (χ1) is 5.74. The first-order valence-electron chi connectivity index (χ1n) is 3.55.